The van der Waals surface area contributed by atoms with E-state index in [0.29, 0.717) is 0 Å². The molecule has 3 heteroatoms. The Balaban J connectivity index is 0.000000160. The summed E-state index contributed by atoms with van der Waals surface area (Å²) < 4.78 is 0. The number of nitrogens with one attached hydrogen (secondary N) is 1. The molecule has 1 aliphatic carbocycles. The third-order valence-electron chi connectivity index (χ3n) is 3.84. The molecular weight excluding hydrogens is 278 g/mol. The van der Waals surface area contributed by atoms with Crippen molar-refractivity contribution in [2.75, 3.05) is 5.32 Å². The van der Waals surface area contributed by atoms with Gasteiger partial charge in [0.2, 0.25) is 0 Å². The Morgan fingerprint density at radius 2 is 1.33 bits per heavy atom. The molecule has 2 nitrogen and oxygen atoms in total. The van der Waals surface area contributed by atoms with Crippen LogP contribution in [0.15, 0.2) is 58.3 Å². The summed E-state index contributed by atoms with van der Waals surface area (Å²) >= 11 is 1.82. The number of hydrogen-bond acceptors (Lipinski definition) is 3. The van der Waals surface area contributed by atoms with Gasteiger partial charge in [-0.1, -0.05) is 55.3 Å². The van der Waals surface area contributed by atoms with E-state index < -0.39 is 0 Å². The highest BCUT2D eigenvalue weighted by Crippen LogP contribution is 2.43. The van der Waals surface area contributed by atoms with Crippen LogP contribution >= 0.6 is 11.8 Å². The zero-order valence-electron chi connectivity index (χ0n) is 12.1. The van der Waals surface area contributed by atoms with Crippen LogP contribution in [0.1, 0.15) is 32.1 Å². The molecule has 4 rings (SSSR count). The first-order chi connectivity index (χ1) is 10.3. The maximum atomic E-state index is 8.91. The van der Waals surface area contributed by atoms with Crippen molar-refractivity contribution in [2.24, 2.45) is 0 Å². The van der Waals surface area contributed by atoms with Gasteiger partial charge in [0, 0.05) is 9.79 Å². The third-order valence-corrected chi connectivity index (χ3v) is 4.99. The van der Waals surface area contributed by atoms with E-state index in [4.69, 9.17) is 5.11 Å². The van der Waals surface area contributed by atoms with Gasteiger partial charge < -0.3 is 10.4 Å². The van der Waals surface area contributed by atoms with E-state index in [-0.39, 0.29) is 6.10 Å². The molecule has 1 aliphatic heterocycles. The van der Waals surface area contributed by atoms with Crippen molar-refractivity contribution in [3.8, 4) is 0 Å². The predicted octanol–water partition coefficient (Wildman–Crippen LogP) is 5.21. The van der Waals surface area contributed by atoms with Gasteiger partial charge in [-0.25, -0.2) is 0 Å². The van der Waals surface area contributed by atoms with Crippen LogP contribution in [-0.4, -0.2) is 11.2 Å². The van der Waals surface area contributed by atoms with Crippen LogP contribution in [0.3, 0.4) is 0 Å². The SMILES string of the molecule is OC1CCCCC1.c1ccc2c(c1)Nc1ccccc1S2. The van der Waals surface area contributed by atoms with Crippen molar-refractivity contribution < 1.29 is 5.11 Å². The normalized spacial score (nSPS) is 16.8. The molecule has 0 amide bonds. The third kappa shape index (κ3) is 3.80. The fraction of sp³-hybridized carbons (Fsp3) is 0.333. The zero-order chi connectivity index (χ0) is 14.5. The Morgan fingerprint density at radius 1 is 0.810 bits per heavy atom. The Hall–Kier alpha value is -1.45. The molecule has 0 aromatic heterocycles. The van der Waals surface area contributed by atoms with Gasteiger partial charge in [-0.15, -0.1) is 0 Å². The number of rotatable bonds is 0. The average molecular weight is 299 g/mol. The van der Waals surface area contributed by atoms with Crippen LogP contribution < -0.4 is 5.32 Å². The fourth-order valence-corrected chi connectivity index (χ4v) is 3.65. The smallest absolute Gasteiger partial charge is 0.0540 e. The second-order valence-corrected chi connectivity index (χ2v) is 6.59. The summed E-state index contributed by atoms with van der Waals surface area (Å²) in [5, 5.41) is 12.3. The van der Waals surface area contributed by atoms with E-state index in [2.05, 4.69) is 53.8 Å². The number of aliphatic hydroxyl groups excluding tert-OH is 1. The summed E-state index contributed by atoms with van der Waals surface area (Å²) in [6.45, 7) is 0. The molecule has 1 fully saturated rings. The van der Waals surface area contributed by atoms with Gasteiger partial charge in [-0.2, -0.15) is 0 Å². The van der Waals surface area contributed by atoms with Gasteiger partial charge in [0.15, 0.2) is 0 Å². The summed E-state index contributed by atoms with van der Waals surface area (Å²) in [4.78, 5) is 2.59. The molecule has 0 unspecified atom stereocenters. The first-order valence-electron chi connectivity index (χ1n) is 7.64. The highest BCUT2D eigenvalue weighted by molar-refractivity contribution is 7.99. The summed E-state index contributed by atoms with van der Waals surface area (Å²) in [6, 6.07) is 16.8. The molecule has 0 spiro atoms. The predicted molar refractivity (Wildman–Crippen MR) is 89.4 cm³/mol. The van der Waals surface area contributed by atoms with Gasteiger partial charge in [0.1, 0.15) is 0 Å². The Labute approximate surface area is 130 Å². The molecule has 1 heterocycles. The monoisotopic (exact) mass is 299 g/mol. The van der Waals surface area contributed by atoms with Gasteiger partial charge in [-0.05, 0) is 37.1 Å². The Kier molecular flexibility index (Phi) is 4.84. The highest BCUT2D eigenvalue weighted by atomic mass is 32.2. The lowest BCUT2D eigenvalue weighted by Crippen LogP contribution is -2.09. The lowest BCUT2D eigenvalue weighted by Gasteiger charge is -2.19. The number of hydrogen-bond donors (Lipinski definition) is 2. The lowest BCUT2D eigenvalue weighted by molar-refractivity contribution is 0.130. The zero-order valence-corrected chi connectivity index (χ0v) is 12.9. The van der Waals surface area contributed by atoms with E-state index in [1.165, 1.54) is 40.4 Å². The van der Waals surface area contributed by atoms with Crippen LogP contribution in [0.2, 0.25) is 0 Å². The van der Waals surface area contributed by atoms with Crippen LogP contribution in [0.4, 0.5) is 11.4 Å². The van der Waals surface area contributed by atoms with Gasteiger partial charge in [0.25, 0.3) is 0 Å². The van der Waals surface area contributed by atoms with E-state index >= 15 is 0 Å². The molecule has 2 aromatic carbocycles. The van der Waals surface area contributed by atoms with Crippen LogP contribution in [0.25, 0.3) is 0 Å². The first kappa shape index (κ1) is 14.5. The van der Waals surface area contributed by atoms with Crippen molar-refractivity contribution in [2.45, 2.75) is 48.0 Å². The second kappa shape index (κ2) is 7.01. The number of benzene rings is 2. The van der Waals surface area contributed by atoms with Crippen LogP contribution in [-0.2, 0) is 0 Å². The van der Waals surface area contributed by atoms with Crippen molar-refractivity contribution in [3.63, 3.8) is 0 Å². The Bertz CT molecular complexity index is 506. The van der Waals surface area contributed by atoms with E-state index in [1.807, 2.05) is 11.8 Å². The molecule has 110 valence electrons. The van der Waals surface area contributed by atoms with E-state index in [1.54, 1.807) is 0 Å². The standard InChI is InChI=1S/C12H9NS.C6H12O/c1-3-7-11-9(5-1)13-10-6-2-4-8-12(10)14-11;7-6-4-2-1-3-5-6/h1-8,13H;6-7H,1-5H2. The van der Waals surface area contributed by atoms with E-state index in [0.717, 1.165) is 12.8 Å². The molecule has 21 heavy (non-hydrogen) atoms. The van der Waals surface area contributed by atoms with Crippen molar-refractivity contribution in [1.82, 2.24) is 0 Å². The molecular formula is C18H21NOS. The summed E-state index contributed by atoms with van der Waals surface area (Å²) in [6.07, 6.45) is 5.92. The maximum absolute atomic E-state index is 8.91. The first-order valence-corrected chi connectivity index (χ1v) is 8.45. The van der Waals surface area contributed by atoms with Crippen molar-refractivity contribution in [3.05, 3.63) is 48.5 Å². The molecule has 0 atom stereocenters. The highest BCUT2D eigenvalue weighted by Gasteiger charge is 2.13. The number of para-hydroxylation sites is 2. The molecule has 1 saturated carbocycles. The number of anilines is 2. The van der Waals surface area contributed by atoms with Crippen LogP contribution in [0, 0.1) is 0 Å². The molecule has 2 aliphatic rings. The second-order valence-electron chi connectivity index (χ2n) is 5.51. The minimum Gasteiger partial charge on any atom is -0.393 e. The number of aliphatic hydroxyl groups is 1. The maximum Gasteiger partial charge on any atom is 0.0540 e. The minimum atomic E-state index is 0.0359. The Morgan fingerprint density at radius 3 is 1.81 bits per heavy atom. The van der Waals surface area contributed by atoms with Gasteiger partial charge >= 0.3 is 0 Å². The quantitative estimate of drug-likeness (QED) is 0.598. The van der Waals surface area contributed by atoms with Gasteiger partial charge in [-0.3, -0.25) is 0 Å². The molecule has 2 aromatic rings. The minimum absolute atomic E-state index is 0.0359. The summed E-state index contributed by atoms with van der Waals surface area (Å²) in [5.74, 6) is 0. The molecule has 0 radical (unpaired) electrons. The fourth-order valence-electron chi connectivity index (χ4n) is 2.66. The largest absolute Gasteiger partial charge is 0.393 e. The summed E-state index contributed by atoms with van der Waals surface area (Å²) in [7, 11) is 0. The van der Waals surface area contributed by atoms with E-state index in [9.17, 15) is 0 Å². The average Bonchev–Trinajstić information content (AvgIpc) is 2.54. The molecule has 0 saturated heterocycles. The number of fused-ring (bicyclic) bond motifs is 2. The summed E-state index contributed by atoms with van der Waals surface area (Å²) in [5.41, 5.74) is 2.41. The molecule has 0 bridgehead atoms. The van der Waals surface area contributed by atoms with Gasteiger partial charge in [0.05, 0.1) is 17.5 Å². The molecule has 2 N–H and O–H groups in total. The topological polar surface area (TPSA) is 32.3 Å². The van der Waals surface area contributed by atoms with Crippen molar-refractivity contribution >= 4 is 23.1 Å². The van der Waals surface area contributed by atoms with Crippen LogP contribution in [0.5, 0.6) is 0 Å². The van der Waals surface area contributed by atoms with Crippen molar-refractivity contribution in [1.29, 1.82) is 0 Å². The lowest BCUT2D eigenvalue weighted by atomic mass is 9.98.